The first-order chi connectivity index (χ1) is 20.6. The summed E-state index contributed by atoms with van der Waals surface area (Å²) in [6.45, 7) is 5.41. The molecule has 4 aromatic rings. The number of thiazole rings is 1. The molecule has 0 bridgehead atoms. The molecule has 11 nitrogen and oxygen atoms in total. The number of fused-ring (bicyclic) bond motifs is 1. The maximum Gasteiger partial charge on any atom is 0.573 e. The number of benzene rings is 1. The molecule has 16 heteroatoms. The van der Waals surface area contributed by atoms with Crippen molar-refractivity contribution in [3.8, 4) is 16.3 Å². The summed E-state index contributed by atoms with van der Waals surface area (Å²) in [5.74, 6) is -0.801. The Bertz CT molecular complexity index is 1770. The number of sulfone groups is 1. The zero-order valence-corrected chi connectivity index (χ0v) is 25.8. The van der Waals surface area contributed by atoms with E-state index in [9.17, 15) is 31.8 Å². The van der Waals surface area contributed by atoms with Crippen molar-refractivity contribution in [2.24, 2.45) is 5.92 Å². The molecule has 0 saturated heterocycles. The monoisotopic (exact) mass is 652 g/mol. The van der Waals surface area contributed by atoms with Crippen LogP contribution in [0.5, 0.6) is 5.75 Å². The van der Waals surface area contributed by atoms with E-state index in [0.717, 1.165) is 22.2 Å². The van der Waals surface area contributed by atoms with E-state index in [2.05, 4.69) is 30.3 Å². The van der Waals surface area contributed by atoms with E-state index >= 15 is 0 Å². The molecular formula is C28H31F3N6O5S2. The molecule has 3 heterocycles. The molecule has 1 aliphatic carbocycles. The van der Waals surface area contributed by atoms with Crippen LogP contribution < -0.4 is 15.4 Å². The van der Waals surface area contributed by atoms with Crippen molar-refractivity contribution in [1.82, 2.24) is 19.9 Å². The van der Waals surface area contributed by atoms with Gasteiger partial charge in [0.2, 0.25) is 5.95 Å². The molecule has 0 radical (unpaired) electrons. The van der Waals surface area contributed by atoms with Gasteiger partial charge in [0.25, 0.3) is 0 Å². The van der Waals surface area contributed by atoms with Gasteiger partial charge in [-0.1, -0.05) is 12.1 Å². The fourth-order valence-corrected chi connectivity index (χ4v) is 7.54. The lowest BCUT2D eigenvalue weighted by Gasteiger charge is -2.22. The van der Waals surface area contributed by atoms with E-state index < -0.39 is 46.4 Å². The van der Waals surface area contributed by atoms with Crippen molar-refractivity contribution in [3.63, 3.8) is 0 Å². The Kier molecular flexibility index (Phi) is 8.72. The molecule has 4 N–H and O–H groups in total. The molecule has 0 amide bonds. The molecule has 0 unspecified atom stereocenters. The Labute approximate surface area is 255 Å². The van der Waals surface area contributed by atoms with Gasteiger partial charge in [0.15, 0.2) is 0 Å². The van der Waals surface area contributed by atoms with E-state index in [1.807, 2.05) is 13.0 Å². The number of ether oxygens (including phenoxy) is 1. The average Bonchev–Trinajstić information content (AvgIpc) is 3.45. The molecule has 0 spiro atoms. The standard InChI is InChI=1S/C28H31F3N6O5S2/c1-13(16-5-7-18(8-6-16)42-28(29,30)31)33-27-34-14(2)21(26-36-22-15(3)32-10-9-20(22)43-26)25(37-27)35-19-11-17(12-44(4,40)41)23(38)24(19)39/h5-10,13,17,19,23-24,38-39H,11-12H2,1-4H3,(H2,33,34,35,37)/t13-,17-,19-,23-,24+/m1/s1. The van der Waals surface area contributed by atoms with Gasteiger partial charge in [-0.05, 0) is 51.0 Å². The highest BCUT2D eigenvalue weighted by Crippen LogP contribution is 2.39. The summed E-state index contributed by atoms with van der Waals surface area (Å²) < 4.78 is 66.4. The molecule has 0 aliphatic heterocycles. The first-order valence-electron chi connectivity index (χ1n) is 13.6. The van der Waals surface area contributed by atoms with Gasteiger partial charge in [0.05, 0.1) is 45.6 Å². The predicted molar refractivity (Wildman–Crippen MR) is 160 cm³/mol. The van der Waals surface area contributed by atoms with Crippen molar-refractivity contribution >= 4 is 43.2 Å². The number of hydrogen-bond acceptors (Lipinski definition) is 12. The molecule has 5 atom stereocenters. The number of nitrogens with one attached hydrogen (secondary N) is 2. The van der Waals surface area contributed by atoms with Gasteiger partial charge >= 0.3 is 6.36 Å². The van der Waals surface area contributed by atoms with Crippen molar-refractivity contribution < 1.29 is 36.5 Å². The molecule has 3 aromatic heterocycles. The predicted octanol–water partition coefficient (Wildman–Crippen LogP) is 4.40. The second-order valence-electron chi connectivity index (χ2n) is 10.9. The number of anilines is 2. The zero-order valence-electron chi connectivity index (χ0n) is 24.1. The topological polar surface area (TPSA) is 159 Å². The number of aliphatic hydroxyl groups excluding tert-OH is 2. The first-order valence-corrected chi connectivity index (χ1v) is 16.5. The fourth-order valence-electron chi connectivity index (χ4n) is 5.32. The van der Waals surface area contributed by atoms with Gasteiger partial charge in [-0.3, -0.25) is 4.98 Å². The first kappa shape index (κ1) is 31.8. The Morgan fingerprint density at radius 3 is 2.41 bits per heavy atom. The number of halogens is 3. The van der Waals surface area contributed by atoms with Gasteiger partial charge in [-0.15, -0.1) is 24.5 Å². The normalized spacial score (nSPS) is 21.4. The maximum absolute atomic E-state index is 12.6. The lowest BCUT2D eigenvalue weighted by molar-refractivity contribution is -0.274. The van der Waals surface area contributed by atoms with Crippen LogP contribution in [0.1, 0.15) is 36.3 Å². The van der Waals surface area contributed by atoms with Crippen LogP contribution in [0.4, 0.5) is 24.9 Å². The lowest BCUT2D eigenvalue weighted by atomic mass is 10.1. The number of aryl methyl sites for hydroxylation is 2. The Balaban J connectivity index is 1.48. The fraction of sp³-hybridized carbons (Fsp3) is 0.429. The van der Waals surface area contributed by atoms with Gasteiger partial charge in [0, 0.05) is 18.4 Å². The van der Waals surface area contributed by atoms with E-state index in [1.54, 1.807) is 20.0 Å². The Morgan fingerprint density at radius 2 is 1.77 bits per heavy atom. The van der Waals surface area contributed by atoms with Gasteiger partial charge in [-0.25, -0.2) is 18.4 Å². The summed E-state index contributed by atoms with van der Waals surface area (Å²) in [4.78, 5) is 18.4. The molecule has 5 rings (SSSR count). The highest BCUT2D eigenvalue weighted by molar-refractivity contribution is 7.90. The number of hydrogen-bond donors (Lipinski definition) is 4. The van der Waals surface area contributed by atoms with E-state index in [4.69, 9.17) is 4.98 Å². The minimum atomic E-state index is -4.80. The van der Waals surface area contributed by atoms with Crippen molar-refractivity contribution in [2.75, 3.05) is 22.6 Å². The third kappa shape index (κ3) is 7.20. The van der Waals surface area contributed by atoms with Gasteiger partial charge < -0.3 is 25.6 Å². The van der Waals surface area contributed by atoms with Crippen LogP contribution in [0.25, 0.3) is 20.8 Å². The minimum Gasteiger partial charge on any atom is -0.406 e. The summed E-state index contributed by atoms with van der Waals surface area (Å²) in [7, 11) is -3.41. The molecule has 1 fully saturated rings. The molecule has 236 valence electrons. The van der Waals surface area contributed by atoms with Crippen LogP contribution in [-0.4, -0.2) is 75.2 Å². The van der Waals surface area contributed by atoms with Gasteiger partial charge in [-0.2, -0.15) is 4.98 Å². The molecule has 1 saturated carbocycles. The van der Waals surface area contributed by atoms with Gasteiger partial charge in [0.1, 0.15) is 38.0 Å². The largest absolute Gasteiger partial charge is 0.573 e. The number of alkyl halides is 3. The summed E-state index contributed by atoms with van der Waals surface area (Å²) in [6, 6.07) is 6.11. The van der Waals surface area contributed by atoms with Crippen LogP contribution in [0.2, 0.25) is 0 Å². The molecule has 44 heavy (non-hydrogen) atoms. The van der Waals surface area contributed by atoms with Crippen molar-refractivity contribution in [3.05, 3.63) is 53.5 Å². The number of pyridine rings is 1. The minimum absolute atomic E-state index is 0.173. The van der Waals surface area contributed by atoms with Crippen molar-refractivity contribution in [2.45, 2.75) is 57.8 Å². The molecular weight excluding hydrogens is 621 g/mol. The van der Waals surface area contributed by atoms with Crippen LogP contribution in [0, 0.1) is 19.8 Å². The smallest absolute Gasteiger partial charge is 0.406 e. The highest BCUT2D eigenvalue weighted by Gasteiger charge is 2.43. The number of rotatable bonds is 9. The molecule has 1 aromatic carbocycles. The van der Waals surface area contributed by atoms with Crippen LogP contribution in [0.3, 0.4) is 0 Å². The Morgan fingerprint density at radius 1 is 1.07 bits per heavy atom. The quantitative estimate of drug-likeness (QED) is 0.203. The molecule has 1 aliphatic rings. The van der Waals surface area contributed by atoms with E-state index in [0.29, 0.717) is 27.6 Å². The van der Waals surface area contributed by atoms with Crippen LogP contribution in [0.15, 0.2) is 36.5 Å². The summed E-state index contributed by atoms with van der Waals surface area (Å²) in [5.41, 5.74) is 3.21. The third-order valence-electron chi connectivity index (χ3n) is 7.39. The second kappa shape index (κ2) is 12.1. The lowest BCUT2D eigenvalue weighted by Crippen LogP contribution is -2.36. The number of aromatic nitrogens is 4. The van der Waals surface area contributed by atoms with E-state index in [1.165, 1.54) is 35.6 Å². The SMILES string of the molecule is Cc1nc(N[C@H](C)c2ccc(OC(F)(F)F)cc2)nc(N[C@@H]2C[C@H](CS(C)(=O)=O)[C@@H](O)[C@H]2O)c1-c1nc2c(C)nccc2s1. The number of nitrogens with zero attached hydrogens (tertiary/aromatic N) is 4. The average molecular weight is 653 g/mol. The maximum atomic E-state index is 12.6. The van der Waals surface area contributed by atoms with Crippen LogP contribution >= 0.6 is 11.3 Å². The van der Waals surface area contributed by atoms with Crippen LogP contribution in [-0.2, 0) is 9.84 Å². The number of aliphatic hydroxyl groups is 2. The third-order valence-corrected chi connectivity index (χ3v) is 9.47. The van der Waals surface area contributed by atoms with Crippen molar-refractivity contribution in [1.29, 1.82) is 0 Å². The highest BCUT2D eigenvalue weighted by atomic mass is 32.2. The zero-order chi connectivity index (χ0) is 32.0. The summed E-state index contributed by atoms with van der Waals surface area (Å²) in [5, 5.41) is 28.5. The second-order valence-corrected chi connectivity index (χ2v) is 14.1. The Hall–Kier alpha value is -3.60. The van der Waals surface area contributed by atoms with E-state index in [-0.39, 0.29) is 23.9 Å². The summed E-state index contributed by atoms with van der Waals surface area (Å²) >= 11 is 1.41. The summed E-state index contributed by atoms with van der Waals surface area (Å²) in [6.07, 6.45) is -4.37.